The van der Waals surface area contributed by atoms with Crippen LogP contribution in [-0.4, -0.2) is 10.8 Å². The summed E-state index contributed by atoms with van der Waals surface area (Å²) in [5, 5.41) is 15.7. The third-order valence-electron chi connectivity index (χ3n) is 2.21. The van der Waals surface area contributed by atoms with Crippen LogP contribution in [0.3, 0.4) is 0 Å². The number of carbonyl (C=O) groups is 1. The average molecular weight is 286 g/mol. The van der Waals surface area contributed by atoms with Gasteiger partial charge in [-0.2, -0.15) is 0 Å². The zero-order valence-electron chi connectivity index (χ0n) is 7.64. The number of nitro groups is 1. The second-order valence-electron chi connectivity index (χ2n) is 3.14. The maximum atomic E-state index is 11.3. The molecule has 0 aliphatic carbocycles. The van der Waals surface area contributed by atoms with Crippen molar-refractivity contribution in [2.45, 2.75) is 6.04 Å². The molecular weight excluding hydrogens is 282 g/mol. The molecular formula is C8H4BrN3O4. The van der Waals surface area contributed by atoms with E-state index in [1.807, 2.05) is 0 Å². The van der Waals surface area contributed by atoms with Gasteiger partial charge in [-0.15, -0.1) is 4.91 Å². The van der Waals surface area contributed by atoms with E-state index in [9.17, 15) is 19.8 Å². The molecule has 0 fully saturated rings. The number of nitroso groups, excluding NO2 is 1. The van der Waals surface area contributed by atoms with Crippen molar-refractivity contribution < 1.29 is 9.72 Å². The summed E-state index contributed by atoms with van der Waals surface area (Å²) in [6.07, 6.45) is 0. The van der Waals surface area contributed by atoms with Crippen LogP contribution in [-0.2, 0) is 4.79 Å². The number of hydrogen-bond acceptors (Lipinski definition) is 5. The largest absolute Gasteiger partial charge is 0.318 e. The van der Waals surface area contributed by atoms with Gasteiger partial charge in [-0.1, -0.05) is 21.1 Å². The lowest BCUT2D eigenvalue weighted by atomic mass is 10.1. The summed E-state index contributed by atoms with van der Waals surface area (Å²) in [6.45, 7) is 0. The summed E-state index contributed by atoms with van der Waals surface area (Å²) in [6, 6.07) is 1.50. The van der Waals surface area contributed by atoms with Crippen LogP contribution in [0.5, 0.6) is 0 Å². The van der Waals surface area contributed by atoms with Crippen LogP contribution in [0.2, 0.25) is 0 Å². The van der Waals surface area contributed by atoms with Gasteiger partial charge in [0, 0.05) is 16.1 Å². The Kier molecular flexibility index (Phi) is 2.43. The van der Waals surface area contributed by atoms with Crippen molar-refractivity contribution in [3.8, 4) is 0 Å². The zero-order chi connectivity index (χ0) is 11.9. The minimum Gasteiger partial charge on any atom is -0.318 e. The van der Waals surface area contributed by atoms with E-state index in [2.05, 4.69) is 26.4 Å². The normalized spacial score (nSPS) is 17.8. The summed E-state index contributed by atoms with van der Waals surface area (Å²) >= 11 is 3.07. The topological polar surface area (TPSA) is 102 Å². The fraction of sp³-hybridized carbons (Fsp3) is 0.125. The van der Waals surface area contributed by atoms with E-state index in [-0.39, 0.29) is 16.9 Å². The van der Waals surface area contributed by atoms with Gasteiger partial charge in [0.05, 0.1) is 4.92 Å². The second kappa shape index (κ2) is 3.63. The number of halogens is 1. The van der Waals surface area contributed by atoms with Gasteiger partial charge in [-0.25, -0.2) is 0 Å². The number of nitro benzene ring substituents is 1. The second-order valence-corrected chi connectivity index (χ2v) is 4.06. The van der Waals surface area contributed by atoms with Crippen molar-refractivity contribution in [2.75, 3.05) is 5.32 Å². The third-order valence-corrected chi connectivity index (χ3v) is 2.66. The summed E-state index contributed by atoms with van der Waals surface area (Å²) in [5.74, 6) is -0.647. The molecule has 16 heavy (non-hydrogen) atoms. The van der Waals surface area contributed by atoms with Crippen molar-refractivity contribution in [3.63, 3.8) is 0 Å². The molecule has 1 aliphatic heterocycles. The quantitative estimate of drug-likeness (QED) is 0.511. The lowest BCUT2D eigenvalue weighted by molar-refractivity contribution is -0.384. The molecule has 1 aromatic carbocycles. The highest BCUT2D eigenvalue weighted by atomic mass is 79.9. The molecule has 1 unspecified atom stereocenters. The van der Waals surface area contributed by atoms with E-state index in [1.165, 1.54) is 12.1 Å². The van der Waals surface area contributed by atoms with E-state index in [4.69, 9.17) is 0 Å². The predicted molar refractivity (Wildman–Crippen MR) is 58.0 cm³/mol. The van der Waals surface area contributed by atoms with Crippen molar-refractivity contribution in [2.24, 2.45) is 5.18 Å². The SMILES string of the molecule is O=NC1C(=O)Nc2c1cc(Br)cc2[N+](=O)[O-]. The first-order valence-corrected chi connectivity index (χ1v) is 4.95. The molecule has 2 rings (SSSR count). The van der Waals surface area contributed by atoms with E-state index in [0.717, 1.165) is 0 Å². The highest BCUT2D eigenvalue weighted by molar-refractivity contribution is 9.10. The van der Waals surface area contributed by atoms with Gasteiger partial charge < -0.3 is 5.32 Å². The molecule has 0 aromatic heterocycles. The number of rotatable bonds is 2. The molecule has 82 valence electrons. The number of carbonyl (C=O) groups excluding carboxylic acids is 1. The smallest absolute Gasteiger partial charge is 0.294 e. The Bertz CT molecular complexity index is 516. The maximum absolute atomic E-state index is 11.3. The van der Waals surface area contributed by atoms with Gasteiger partial charge in [0.15, 0.2) is 6.04 Å². The highest BCUT2D eigenvalue weighted by Crippen LogP contribution is 2.41. The van der Waals surface area contributed by atoms with Gasteiger partial charge in [-0.05, 0) is 6.07 Å². The summed E-state index contributed by atoms with van der Waals surface area (Å²) < 4.78 is 0.420. The lowest BCUT2D eigenvalue weighted by Gasteiger charge is -2.01. The van der Waals surface area contributed by atoms with Crippen molar-refractivity contribution in [3.05, 3.63) is 37.2 Å². The van der Waals surface area contributed by atoms with Crippen LogP contribution in [0, 0.1) is 15.0 Å². The van der Waals surface area contributed by atoms with Crippen LogP contribution in [0.4, 0.5) is 11.4 Å². The molecule has 7 nitrogen and oxygen atoms in total. The van der Waals surface area contributed by atoms with Crippen LogP contribution >= 0.6 is 15.9 Å². The van der Waals surface area contributed by atoms with Crippen molar-refractivity contribution in [1.29, 1.82) is 0 Å². The number of benzene rings is 1. The van der Waals surface area contributed by atoms with Gasteiger partial charge in [0.1, 0.15) is 5.69 Å². The third kappa shape index (κ3) is 1.47. The monoisotopic (exact) mass is 285 g/mol. The average Bonchev–Trinajstić information content (AvgIpc) is 2.52. The minimum atomic E-state index is -1.22. The summed E-state index contributed by atoms with van der Waals surface area (Å²) in [4.78, 5) is 31.9. The summed E-state index contributed by atoms with van der Waals surface area (Å²) in [5.41, 5.74) is 0.00718. The first-order valence-electron chi connectivity index (χ1n) is 4.15. The first-order chi connectivity index (χ1) is 7.54. The molecule has 0 spiro atoms. The number of nitrogens with one attached hydrogen (secondary N) is 1. The highest BCUT2D eigenvalue weighted by Gasteiger charge is 2.37. The van der Waals surface area contributed by atoms with E-state index >= 15 is 0 Å². The first kappa shape index (κ1) is 10.7. The molecule has 1 atom stereocenters. The predicted octanol–water partition coefficient (Wildman–Crippen LogP) is 2.12. The lowest BCUT2D eigenvalue weighted by Crippen LogP contribution is -2.09. The molecule has 0 saturated carbocycles. The fourth-order valence-electron chi connectivity index (χ4n) is 1.55. The Morgan fingerprint density at radius 1 is 1.50 bits per heavy atom. The van der Waals surface area contributed by atoms with Gasteiger partial charge in [0.25, 0.3) is 11.6 Å². The molecule has 0 bridgehead atoms. The Balaban J connectivity index is 2.68. The molecule has 8 heteroatoms. The number of nitrogens with zero attached hydrogens (tertiary/aromatic N) is 2. The molecule has 1 aromatic rings. The Labute approximate surface area is 97.1 Å². The van der Waals surface area contributed by atoms with Crippen LogP contribution in [0.1, 0.15) is 11.6 Å². The van der Waals surface area contributed by atoms with Gasteiger partial charge in [0.2, 0.25) is 0 Å². The molecule has 1 N–H and O–H groups in total. The van der Waals surface area contributed by atoms with E-state index in [1.54, 1.807) is 0 Å². The fourth-order valence-corrected chi connectivity index (χ4v) is 2.01. The van der Waals surface area contributed by atoms with Crippen LogP contribution in [0.25, 0.3) is 0 Å². The van der Waals surface area contributed by atoms with Crippen molar-refractivity contribution in [1.82, 2.24) is 0 Å². The Morgan fingerprint density at radius 2 is 2.19 bits per heavy atom. The van der Waals surface area contributed by atoms with Gasteiger partial charge >= 0.3 is 0 Å². The number of amides is 1. The van der Waals surface area contributed by atoms with E-state index in [0.29, 0.717) is 4.47 Å². The maximum Gasteiger partial charge on any atom is 0.294 e. The van der Waals surface area contributed by atoms with Crippen LogP contribution in [0.15, 0.2) is 21.8 Å². The molecule has 1 aliphatic rings. The zero-order valence-corrected chi connectivity index (χ0v) is 9.22. The molecule has 1 amide bonds. The van der Waals surface area contributed by atoms with E-state index < -0.39 is 16.9 Å². The van der Waals surface area contributed by atoms with Crippen LogP contribution < -0.4 is 5.32 Å². The van der Waals surface area contributed by atoms with Crippen molar-refractivity contribution >= 4 is 33.2 Å². The molecule has 0 saturated heterocycles. The standard InChI is InChI=1S/C8H4BrN3O4/c9-3-1-4-6(5(2-3)12(15)16)10-8(13)7(4)11-14/h1-2,7H,(H,10,13). The molecule has 1 heterocycles. The number of hydrogen-bond donors (Lipinski definition) is 1. The summed E-state index contributed by atoms with van der Waals surface area (Å²) in [7, 11) is 0. The minimum absolute atomic E-state index is 0.0443. The number of fused-ring (bicyclic) bond motifs is 1. The Hall–Kier alpha value is -1.83. The molecule has 0 radical (unpaired) electrons. The van der Waals surface area contributed by atoms with Gasteiger partial charge in [-0.3, -0.25) is 14.9 Å². The number of anilines is 1. The Morgan fingerprint density at radius 3 is 2.75 bits per heavy atom.